The highest BCUT2D eigenvalue weighted by molar-refractivity contribution is 7.89. The molecule has 0 spiro atoms. The molecule has 8 nitrogen and oxygen atoms in total. The molecule has 0 bridgehead atoms. The third-order valence-corrected chi connectivity index (χ3v) is 8.45. The second-order valence-corrected chi connectivity index (χ2v) is 10.8. The molecular weight excluding hydrogens is 450 g/mol. The average Bonchev–Trinajstić information content (AvgIpc) is 3.26. The fraction of sp³-hybridized carbons (Fsp3) is 0.316. The molecule has 162 valence electrons. The lowest BCUT2D eigenvalue weighted by Gasteiger charge is -2.17. The zero-order valence-electron chi connectivity index (χ0n) is 16.0. The van der Waals surface area contributed by atoms with Gasteiger partial charge in [-0.1, -0.05) is 29.8 Å². The smallest absolute Gasteiger partial charge is 0.244 e. The fourth-order valence-electron chi connectivity index (χ4n) is 3.05. The highest BCUT2D eigenvalue weighted by atomic mass is 35.5. The number of carbonyl (C=O) groups is 1. The van der Waals surface area contributed by atoms with Gasteiger partial charge in [-0.3, -0.25) is 4.79 Å². The first-order valence-corrected chi connectivity index (χ1v) is 12.6. The van der Waals surface area contributed by atoms with Crippen LogP contribution in [0.4, 0.5) is 5.69 Å². The first-order valence-electron chi connectivity index (χ1n) is 9.34. The molecular formula is C19H22ClN3O5S2. The minimum atomic E-state index is -3.74. The predicted molar refractivity (Wildman–Crippen MR) is 114 cm³/mol. The molecule has 0 atom stereocenters. The molecule has 2 aromatic carbocycles. The van der Waals surface area contributed by atoms with Crippen molar-refractivity contribution in [3.05, 3.63) is 53.6 Å². The van der Waals surface area contributed by atoms with Gasteiger partial charge in [0.05, 0.1) is 9.92 Å². The number of hydrogen-bond donors (Lipinski definition) is 2. The Labute approximate surface area is 181 Å². The summed E-state index contributed by atoms with van der Waals surface area (Å²) in [4.78, 5) is 12.2. The van der Waals surface area contributed by atoms with Gasteiger partial charge in [-0.2, -0.15) is 4.31 Å². The summed E-state index contributed by atoms with van der Waals surface area (Å²) in [5.74, 6) is -0.461. The van der Waals surface area contributed by atoms with Crippen LogP contribution >= 0.6 is 11.6 Å². The monoisotopic (exact) mass is 471 g/mol. The Hall–Kier alpha value is -1.98. The number of hydrogen-bond acceptors (Lipinski definition) is 5. The Kier molecular flexibility index (Phi) is 7.14. The maximum Gasteiger partial charge on any atom is 0.244 e. The van der Waals surface area contributed by atoms with Crippen LogP contribution < -0.4 is 10.0 Å². The summed E-state index contributed by atoms with van der Waals surface area (Å²) in [6.07, 6.45) is 1.47. The Morgan fingerprint density at radius 3 is 2.33 bits per heavy atom. The fourth-order valence-corrected chi connectivity index (χ4v) is 6.12. The van der Waals surface area contributed by atoms with Gasteiger partial charge >= 0.3 is 0 Å². The normalized spacial score (nSPS) is 15.2. The second kappa shape index (κ2) is 9.44. The third kappa shape index (κ3) is 5.38. The summed E-state index contributed by atoms with van der Waals surface area (Å²) in [7, 11) is -7.44. The first kappa shape index (κ1) is 22.7. The van der Waals surface area contributed by atoms with Crippen molar-refractivity contribution >= 4 is 43.2 Å². The summed E-state index contributed by atoms with van der Waals surface area (Å²) < 4.78 is 53.6. The SMILES string of the molecule is O=C(CCNS(=O)(=O)c1ccccc1)Nc1ccc(Cl)c(S(=O)(=O)N2CCCC2)c1. The van der Waals surface area contributed by atoms with Gasteiger partial charge in [0.25, 0.3) is 0 Å². The van der Waals surface area contributed by atoms with Crippen molar-refractivity contribution < 1.29 is 21.6 Å². The van der Waals surface area contributed by atoms with Crippen molar-refractivity contribution in [2.45, 2.75) is 29.1 Å². The number of sulfonamides is 2. The highest BCUT2D eigenvalue weighted by Gasteiger charge is 2.29. The van der Waals surface area contributed by atoms with Gasteiger partial charge in [-0.25, -0.2) is 21.6 Å². The highest BCUT2D eigenvalue weighted by Crippen LogP contribution is 2.29. The quantitative estimate of drug-likeness (QED) is 0.614. The molecule has 11 heteroatoms. The summed E-state index contributed by atoms with van der Waals surface area (Å²) in [6, 6.07) is 12.1. The Morgan fingerprint density at radius 1 is 1.00 bits per heavy atom. The van der Waals surface area contributed by atoms with Crippen LogP contribution in [0.25, 0.3) is 0 Å². The minimum absolute atomic E-state index is 0.0614. The number of nitrogens with one attached hydrogen (secondary N) is 2. The van der Waals surface area contributed by atoms with Crippen molar-refractivity contribution in [1.29, 1.82) is 0 Å². The van der Waals surface area contributed by atoms with Crippen LogP contribution in [0.3, 0.4) is 0 Å². The van der Waals surface area contributed by atoms with Crippen molar-refractivity contribution in [3.8, 4) is 0 Å². The van der Waals surface area contributed by atoms with E-state index in [2.05, 4.69) is 10.0 Å². The molecule has 0 aliphatic carbocycles. The van der Waals surface area contributed by atoms with E-state index in [1.807, 2.05) is 0 Å². The number of anilines is 1. The van der Waals surface area contributed by atoms with Gasteiger partial charge in [0.1, 0.15) is 4.90 Å². The van der Waals surface area contributed by atoms with E-state index in [-0.39, 0.29) is 33.5 Å². The lowest BCUT2D eigenvalue weighted by atomic mass is 10.3. The van der Waals surface area contributed by atoms with E-state index in [4.69, 9.17) is 11.6 Å². The largest absolute Gasteiger partial charge is 0.326 e. The molecule has 1 aliphatic rings. The van der Waals surface area contributed by atoms with Gasteiger partial charge in [-0.15, -0.1) is 0 Å². The number of carbonyl (C=O) groups excluding carboxylic acids is 1. The van der Waals surface area contributed by atoms with Crippen LogP contribution in [-0.4, -0.2) is 46.7 Å². The van der Waals surface area contributed by atoms with Crippen LogP contribution in [0.1, 0.15) is 19.3 Å². The van der Waals surface area contributed by atoms with Crippen LogP contribution in [0.5, 0.6) is 0 Å². The van der Waals surface area contributed by atoms with E-state index in [1.165, 1.54) is 34.6 Å². The molecule has 30 heavy (non-hydrogen) atoms. The number of amides is 1. The molecule has 3 rings (SSSR count). The lowest BCUT2D eigenvalue weighted by molar-refractivity contribution is -0.116. The zero-order valence-corrected chi connectivity index (χ0v) is 18.4. The summed E-state index contributed by atoms with van der Waals surface area (Å²) >= 11 is 6.09. The lowest BCUT2D eigenvalue weighted by Crippen LogP contribution is -2.28. The zero-order chi connectivity index (χ0) is 21.8. The summed E-state index contributed by atoms with van der Waals surface area (Å²) in [5.41, 5.74) is 0.271. The van der Waals surface area contributed by atoms with Crippen molar-refractivity contribution in [3.63, 3.8) is 0 Å². The van der Waals surface area contributed by atoms with Crippen molar-refractivity contribution in [2.24, 2.45) is 0 Å². The Bertz CT molecular complexity index is 1120. The molecule has 1 fully saturated rings. The van der Waals surface area contributed by atoms with Crippen LogP contribution in [0.15, 0.2) is 58.3 Å². The van der Waals surface area contributed by atoms with Crippen molar-refractivity contribution in [2.75, 3.05) is 25.0 Å². The Morgan fingerprint density at radius 2 is 1.67 bits per heavy atom. The second-order valence-electron chi connectivity index (χ2n) is 6.77. The number of rotatable bonds is 8. The number of halogens is 1. The molecule has 2 N–H and O–H groups in total. The van der Waals surface area contributed by atoms with Gasteiger partial charge in [0.15, 0.2) is 0 Å². The molecule has 0 saturated carbocycles. The standard InChI is InChI=1S/C19H22ClN3O5S2/c20-17-9-8-15(14-18(17)30(27,28)23-12-4-5-13-23)22-19(24)10-11-21-29(25,26)16-6-2-1-3-7-16/h1-3,6-9,14,21H,4-5,10-13H2,(H,22,24). The summed E-state index contributed by atoms with van der Waals surface area (Å²) in [5, 5.41) is 2.66. The van der Waals surface area contributed by atoms with E-state index in [1.54, 1.807) is 18.2 Å². The first-order chi connectivity index (χ1) is 14.2. The minimum Gasteiger partial charge on any atom is -0.326 e. The number of benzene rings is 2. The summed E-state index contributed by atoms with van der Waals surface area (Å²) in [6.45, 7) is 0.781. The third-order valence-electron chi connectivity index (χ3n) is 4.60. The van der Waals surface area contributed by atoms with Gasteiger partial charge in [-0.05, 0) is 43.2 Å². The molecule has 1 amide bonds. The molecule has 1 heterocycles. The molecule has 1 aliphatic heterocycles. The van der Waals surface area contributed by atoms with Gasteiger partial charge in [0.2, 0.25) is 26.0 Å². The maximum absolute atomic E-state index is 12.8. The molecule has 0 aromatic heterocycles. The van der Waals surface area contributed by atoms with E-state index in [0.29, 0.717) is 13.1 Å². The molecule has 0 radical (unpaired) electrons. The Balaban J connectivity index is 1.62. The van der Waals surface area contributed by atoms with E-state index in [0.717, 1.165) is 12.8 Å². The van der Waals surface area contributed by atoms with E-state index < -0.39 is 26.0 Å². The number of nitrogens with zero attached hydrogens (tertiary/aromatic N) is 1. The van der Waals surface area contributed by atoms with Gasteiger partial charge in [0, 0.05) is 31.7 Å². The predicted octanol–water partition coefficient (Wildman–Crippen LogP) is 2.43. The van der Waals surface area contributed by atoms with Crippen LogP contribution in [-0.2, 0) is 24.8 Å². The van der Waals surface area contributed by atoms with E-state index in [9.17, 15) is 21.6 Å². The van der Waals surface area contributed by atoms with Crippen LogP contribution in [0.2, 0.25) is 5.02 Å². The van der Waals surface area contributed by atoms with Crippen LogP contribution in [0, 0.1) is 0 Å². The molecule has 0 unspecified atom stereocenters. The van der Waals surface area contributed by atoms with Gasteiger partial charge < -0.3 is 5.32 Å². The molecule has 2 aromatic rings. The van der Waals surface area contributed by atoms with Crippen molar-refractivity contribution in [1.82, 2.24) is 9.03 Å². The maximum atomic E-state index is 12.8. The molecule has 1 saturated heterocycles. The van der Waals surface area contributed by atoms with E-state index >= 15 is 0 Å². The topological polar surface area (TPSA) is 113 Å². The average molecular weight is 472 g/mol.